The van der Waals surface area contributed by atoms with Crippen LogP contribution < -0.4 is 10.6 Å². The van der Waals surface area contributed by atoms with E-state index in [1.165, 1.54) is 39.2 Å². The topological polar surface area (TPSA) is 112 Å². The first-order chi connectivity index (χ1) is 16.8. The van der Waals surface area contributed by atoms with Gasteiger partial charge in [0.1, 0.15) is 11.4 Å². The normalized spacial score (nSPS) is 19.6. The molecule has 9 nitrogen and oxygen atoms in total. The van der Waals surface area contributed by atoms with E-state index >= 15 is 4.39 Å². The number of rotatable bonds is 3. The van der Waals surface area contributed by atoms with E-state index in [-0.39, 0.29) is 29.4 Å². The number of imidazole rings is 1. The highest BCUT2D eigenvalue weighted by Crippen LogP contribution is 2.40. The van der Waals surface area contributed by atoms with E-state index in [1.54, 1.807) is 0 Å². The van der Waals surface area contributed by atoms with Gasteiger partial charge < -0.3 is 15.7 Å². The van der Waals surface area contributed by atoms with Gasteiger partial charge in [0.2, 0.25) is 17.8 Å². The molecule has 0 aliphatic carbocycles. The van der Waals surface area contributed by atoms with Gasteiger partial charge in [-0.3, -0.25) is 14.3 Å². The molecule has 1 atom stereocenters. The Balaban J connectivity index is 1.98. The second kappa shape index (κ2) is 8.46. The van der Waals surface area contributed by atoms with Gasteiger partial charge in [-0.25, -0.2) is 18.6 Å². The number of nitrogens with one attached hydrogen (secondary N) is 2. The molecule has 0 radical (unpaired) electrons. The second-order valence-electron chi connectivity index (χ2n) is 8.25. The molecule has 3 aromatic rings. The summed E-state index contributed by atoms with van der Waals surface area (Å²) >= 11 is 0. The van der Waals surface area contributed by atoms with Crippen LogP contribution in [0.25, 0.3) is 16.7 Å². The quantitative estimate of drug-likeness (QED) is 0.458. The van der Waals surface area contributed by atoms with Crippen molar-refractivity contribution >= 4 is 34.9 Å². The predicted octanol–water partition coefficient (Wildman–Crippen LogP) is 4.07. The smallest absolute Gasteiger partial charge is 0.434 e. The lowest BCUT2D eigenvalue weighted by Crippen LogP contribution is -2.59. The lowest BCUT2D eigenvalue weighted by atomic mass is 9.86. The molecule has 1 aliphatic rings. The number of alkyl halides is 3. The molecule has 1 saturated heterocycles. The maximum Gasteiger partial charge on any atom is 0.434 e. The van der Waals surface area contributed by atoms with Crippen LogP contribution in [0.2, 0.25) is 0 Å². The average molecular weight is 510 g/mol. The summed E-state index contributed by atoms with van der Waals surface area (Å²) < 4.78 is 72.8. The van der Waals surface area contributed by atoms with Gasteiger partial charge in [-0.2, -0.15) is 13.2 Å². The van der Waals surface area contributed by atoms with Crippen molar-refractivity contribution in [1.82, 2.24) is 19.8 Å². The summed E-state index contributed by atoms with van der Waals surface area (Å²) in [6.45, 7) is 1.42. The van der Waals surface area contributed by atoms with Gasteiger partial charge in [0, 0.05) is 19.7 Å². The Labute approximate surface area is 200 Å². The number of nitrogens with zero attached hydrogens (tertiary/aromatic N) is 4. The molecule has 1 aromatic heterocycles. The minimum absolute atomic E-state index is 0.159. The van der Waals surface area contributed by atoms with Crippen LogP contribution in [0.5, 0.6) is 0 Å². The summed E-state index contributed by atoms with van der Waals surface area (Å²) in [5.74, 6) is -3.71. The van der Waals surface area contributed by atoms with Crippen molar-refractivity contribution in [2.45, 2.75) is 25.1 Å². The summed E-state index contributed by atoms with van der Waals surface area (Å²) in [5.41, 5.74) is -4.63. The van der Waals surface area contributed by atoms with Crippen molar-refractivity contribution in [3.8, 4) is 5.69 Å². The highest BCUT2D eigenvalue weighted by atomic mass is 19.4. The number of aliphatic imine (C=N–C) groups is 1. The van der Waals surface area contributed by atoms with Crippen LogP contribution in [-0.4, -0.2) is 51.6 Å². The molecule has 3 N–H and O–H groups in total. The lowest BCUT2D eigenvalue weighted by molar-refractivity contribution is -0.138. The molecule has 1 fully saturated rings. The fourth-order valence-corrected chi connectivity index (χ4v) is 4.20. The number of amides is 2. The summed E-state index contributed by atoms with van der Waals surface area (Å²) in [6, 6.07) is 5.50. The first-order valence-corrected chi connectivity index (χ1v) is 10.4. The zero-order valence-corrected chi connectivity index (χ0v) is 19.0. The van der Waals surface area contributed by atoms with E-state index in [4.69, 9.17) is 5.11 Å². The second-order valence-corrected chi connectivity index (χ2v) is 8.25. The Morgan fingerprint density at radius 2 is 1.94 bits per heavy atom. The van der Waals surface area contributed by atoms with E-state index in [2.05, 4.69) is 20.6 Å². The third-order valence-corrected chi connectivity index (χ3v) is 5.87. The molecular weight excluding hydrogens is 491 g/mol. The van der Waals surface area contributed by atoms with E-state index in [9.17, 15) is 27.2 Å². The van der Waals surface area contributed by atoms with E-state index < -0.39 is 52.1 Å². The zero-order valence-electron chi connectivity index (χ0n) is 19.0. The van der Waals surface area contributed by atoms with Crippen molar-refractivity contribution < 1.29 is 36.6 Å². The molecule has 0 spiro atoms. The number of hydrogen-bond donors (Lipinski definition) is 3. The number of aromatic nitrogens is 2. The number of benzene rings is 2. The van der Waals surface area contributed by atoms with Crippen LogP contribution in [-0.2, 0) is 16.5 Å². The SMILES string of the molecule is CNc1nc2ccc(F)c(C(F)(F)F)c2n1-c1cccc([C@]2(C)CC(=O)N(C)/C(=N\C(=O)O)N2)c1F. The van der Waals surface area contributed by atoms with Crippen LogP contribution in [0.4, 0.5) is 32.7 Å². The van der Waals surface area contributed by atoms with Gasteiger partial charge in [0.15, 0.2) is 5.82 Å². The third-order valence-electron chi connectivity index (χ3n) is 5.87. The van der Waals surface area contributed by atoms with Gasteiger partial charge in [0.25, 0.3) is 0 Å². The molecule has 36 heavy (non-hydrogen) atoms. The molecule has 1 aliphatic heterocycles. The minimum atomic E-state index is -5.11. The maximum atomic E-state index is 16.1. The number of guanidine groups is 1. The number of fused-ring (bicyclic) bond motifs is 1. The van der Waals surface area contributed by atoms with Gasteiger partial charge in [-0.1, -0.05) is 12.1 Å². The fourth-order valence-electron chi connectivity index (χ4n) is 4.20. The molecule has 4 rings (SSSR count). The highest BCUT2D eigenvalue weighted by molar-refractivity contribution is 6.03. The number of carbonyl (C=O) groups is 2. The van der Waals surface area contributed by atoms with E-state index in [1.807, 2.05) is 0 Å². The molecule has 0 unspecified atom stereocenters. The number of hydrogen-bond acceptors (Lipinski definition) is 4. The standard InChI is InChI=1S/C22H19F5N6O3/c1-21(9-14(34)32(3)19(31-21)30-20(35)36)10-5-4-6-13(16(10)24)33-17-12(29-18(33)28-2)8-7-11(23)15(17)22(25,26)27/h4-8H,9H2,1-3H3,(H,28,29)(H,30,31)(H,35,36)/t21-/m0/s1. The van der Waals surface area contributed by atoms with Crippen molar-refractivity contribution in [2.24, 2.45) is 4.99 Å². The van der Waals surface area contributed by atoms with Crippen LogP contribution in [0, 0.1) is 11.6 Å². The number of carbonyl (C=O) groups excluding carboxylic acids is 1. The van der Waals surface area contributed by atoms with E-state index in [0.717, 1.165) is 15.5 Å². The molecule has 2 heterocycles. The van der Waals surface area contributed by atoms with Crippen LogP contribution >= 0.6 is 0 Å². The summed E-state index contributed by atoms with van der Waals surface area (Å²) in [5, 5.41) is 14.4. The van der Waals surface area contributed by atoms with Gasteiger partial charge >= 0.3 is 12.3 Å². The number of carboxylic acid groups (broad SMARTS) is 1. The number of anilines is 1. The molecule has 2 aromatic carbocycles. The molecular formula is C22H19F5N6O3. The maximum absolute atomic E-state index is 16.1. The Morgan fingerprint density at radius 3 is 2.56 bits per heavy atom. The highest BCUT2D eigenvalue weighted by Gasteiger charge is 2.42. The molecule has 0 bridgehead atoms. The van der Waals surface area contributed by atoms with Crippen molar-refractivity contribution in [3.63, 3.8) is 0 Å². The fraction of sp³-hybridized carbons (Fsp3) is 0.273. The van der Waals surface area contributed by atoms with Crippen LogP contribution in [0.3, 0.4) is 0 Å². The largest absolute Gasteiger partial charge is 0.463 e. The number of halogens is 5. The Morgan fingerprint density at radius 1 is 1.25 bits per heavy atom. The summed E-state index contributed by atoms with van der Waals surface area (Å²) in [4.78, 5) is 32.0. The summed E-state index contributed by atoms with van der Waals surface area (Å²) in [6.07, 6.45) is -7.04. The lowest BCUT2D eigenvalue weighted by Gasteiger charge is -2.40. The summed E-state index contributed by atoms with van der Waals surface area (Å²) in [7, 11) is 2.64. The minimum Gasteiger partial charge on any atom is -0.463 e. The third kappa shape index (κ3) is 3.97. The predicted molar refractivity (Wildman–Crippen MR) is 119 cm³/mol. The van der Waals surface area contributed by atoms with Crippen LogP contribution in [0.1, 0.15) is 24.5 Å². The average Bonchev–Trinajstić information content (AvgIpc) is 3.14. The van der Waals surface area contributed by atoms with Crippen molar-refractivity contribution in [2.75, 3.05) is 19.4 Å². The monoisotopic (exact) mass is 510 g/mol. The Bertz CT molecular complexity index is 1430. The first kappa shape index (κ1) is 24.9. The Kier molecular flexibility index (Phi) is 5.85. The van der Waals surface area contributed by atoms with Crippen LogP contribution in [0.15, 0.2) is 35.3 Å². The van der Waals surface area contributed by atoms with Crippen molar-refractivity contribution in [1.29, 1.82) is 0 Å². The van der Waals surface area contributed by atoms with Crippen molar-refractivity contribution in [3.05, 3.63) is 53.1 Å². The first-order valence-electron chi connectivity index (χ1n) is 10.4. The van der Waals surface area contributed by atoms with Gasteiger partial charge in [-0.15, -0.1) is 4.99 Å². The molecule has 2 amide bonds. The van der Waals surface area contributed by atoms with Gasteiger partial charge in [0.05, 0.1) is 28.7 Å². The van der Waals surface area contributed by atoms with Gasteiger partial charge in [-0.05, 0) is 25.1 Å². The molecule has 0 saturated carbocycles. The molecule has 190 valence electrons. The molecule has 14 heteroatoms. The zero-order chi connectivity index (χ0) is 26.6. The Hall–Kier alpha value is -4.23. The van der Waals surface area contributed by atoms with E-state index in [0.29, 0.717) is 6.07 Å².